The van der Waals surface area contributed by atoms with E-state index < -0.39 is 0 Å². The van der Waals surface area contributed by atoms with Gasteiger partial charge in [-0.05, 0) is 30.0 Å². The van der Waals surface area contributed by atoms with Crippen LogP contribution < -0.4 is 14.8 Å². The number of ether oxygens (including phenoxy) is 2. The minimum Gasteiger partial charge on any atom is -0.493 e. The number of benzene rings is 1. The van der Waals surface area contributed by atoms with E-state index in [1.165, 1.54) is 0 Å². The van der Waals surface area contributed by atoms with Gasteiger partial charge in [-0.25, -0.2) is 0 Å². The van der Waals surface area contributed by atoms with Crippen molar-refractivity contribution in [2.75, 3.05) is 20.3 Å². The molecule has 0 aliphatic rings. The normalized spacial score (nSPS) is 10.2. The van der Waals surface area contributed by atoms with Gasteiger partial charge in [0.1, 0.15) is 0 Å². The minimum absolute atomic E-state index is 0.0100. The van der Waals surface area contributed by atoms with Gasteiger partial charge < -0.3 is 14.8 Å². The number of hydrogen-bond donors (Lipinski definition) is 1. The number of rotatable bonds is 8. The van der Waals surface area contributed by atoms with Crippen LogP contribution in [0.25, 0.3) is 0 Å². The van der Waals surface area contributed by atoms with Crippen molar-refractivity contribution in [3.8, 4) is 11.5 Å². The van der Waals surface area contributed by atoms with Crippen molar-refractivity contribution >= 4 is 5.91 Å². The fraction of sp³-hybridized carbons (Fsp3) is 0.438. The average Bonchev–Trinajstić information content (AvgIpc) is 2.43. The third kappa shape index (κ3) is 5.34. The lowest BCUT2D eigenvalue weighted by Crippen LogP contribution is -2.31. The first-order chi connectivity index (χ1) is 9.56. The third-order valence-electron chi connectivity index (χ3n) is 2.67. The topological polar surface area (TPSA) is 47.6 Å². The van der Waals surface area contributed by atoms with Gasteiger partial charge in [-0.2, -0.15) is 0 Å². The predicted molar refractivity (Wildman–Crippen MR) is 80.2 cm³/mol. The van der Waals surface area contributed by atoms with Crippen molar-refractivity contribution in [3.63, 3.8) is 0 Å². The third-order valence-corrected chi connectivity index (χ3v) is 2.67. The summed E-state index contributed by atoms with van der Waals surface area (Å²) in [5.74, 6) is 1.49. The maximum atomic E-state index is 11.6. The van der Waals surface area contributed by atoms with E-state index in [0.29, 0.717) is 24.0 Å². The molecule has 0 atom stereocenters. The molecule has 4 nitrogen and oxygen atoms in total. The first-order valence-electron chi connectivity index (χ1n) is 6.74. The van der Waals surface area contributed by atoms with Gasteiger partial charge in [-0.3, -0.25) is 4.79 Å². The van der Waals surface area contributed by atoms with Gasteiger partial charge in [0.2, 0.25) is 0 Å². The Morgan fingerprint density at radius 1 is 1.40 bits per heavy atom. The molecule has 0 fully saturated rings. The summed E-state index contributed by atoms with van der Waals surface area (Å²) >= 11 is 0. The molecule has 0 unspecified atom stereocenters. The lowest BCUT2D eigenvalue weighted by molar-refractivity contribution is -0.123. The number of carbonyl (C=O) groups excluding carboxylic acids is 1. The quantitative estimate of drug-likeness (QED) is 0.743. The van der Waals surface area contributed by atoms with Gasteiger partial charge in [0.25, 0.3) is 5.91 Å². The number of carbonyl (C=O) groups is 1. The highest BCUT2D eigenvalue weighted by molar-refractivity contribution is 5.77. The molecule has 1 aromatic carbocycles. The van der Waals surface area contributed by atoms with Crippen LogP contribution in [0.3, 0.4) is 0 Å². The molecule has 1 rings (SSSR count). The van der Waals surface area contributed by atoms with Gasteiger partial charge in [0, 0.05) is 6.54 Å². The summed E-state index contributed by atoms with van der Waals surface area (Å²) in [4.78, 5) is 11.6. The highest BCUT2D eigenvalue weighted by Crippen LogP contribution is 2.28. The maximum Gasteiger partial charge on any atom is 0.257 e. The van der Waals surface area contributed by atoms with Crippen molar-refractivity contribution in [2.45, 2.75) is 20.3 Å². The molecule has 0 bridgehead atoms. The second-order valence-electron chi connectivity index (χ2n) is 4.96. The SMILES string of the molecule is C=CCc1ccc(OCC(=O)NCC(C)C)c(OC)c1. The van der Waals surface area contributed by atoms with E-state index in [0.717, 1.165) is 12.0 Å². The molecule has 110 valence electrons. The Hall–Kier alpha value is -1.97. The number of methoxy groups -OCH3 is 1. The number of nitrogens with one attached hydrogen (secondary N) is 1. The van der Waals surface area contributed by atoms with Crippen molar-refractivity contribution in [1.82, 2.24) is 5.32 Å². The second kappa shape index (κ2) is 8.25. The van der Waals surface area contributed by atoms with Crippen LogP contribution in [-0.2, 0) is 11.2 Å². The van der Waals surface area contributed by atoms with E-state index in [-0.39, 0.29) is 12.5 Å². The molecule has 1 aromatic rings. The molecule has 20 heavy (non-hydrogen) atoms. The lowest BCUT2D eigenvalue weighted by Gasteiger charge is -2.12. The van der Waals surface area contributed by atoms with Crippen LogP contribution in [0, 0.1) is 5.92 Å². The molecule has 0 radical (unpaired) electrons. The number of allylic oxidation sites excluding steroid dienone is 1. The van der Waals surface area contributed by atoms with E-state index in [2.05, 4.69) is 11.9 Å². The van der Waals surface area contributed by atoms with Crippen molar-refractivity contribution in [2.24, 2.45) is 5.92 Å². The zero-order chi connectivity index (χ0) is 15.0. The molecule has 1 amide bonds. The molecule has 1 N–H and O–H groups in total. The Balaban J connectivity index is 2.58. The molecule has 0 saturated heterocycles. The van der Waals surface area contributed by atoms with Crippen LogP contribution in [0.15, 0.2) is 30.9 Å². The van der Waals surface area contributed by atoms with Crippen LogP contribution in [-0.4, -0.2) is 26.2 Å². The fourth-order valence-electron chi connectivity index (χ4n) is 1.64. The van der Waals surface area contributed by atoms with Crippen LogP contribution in [0.5, 0.6) is 11.5 Å². The summed E-state index contributed by atoms with van der Waals surface area (Å²) in [5.41, 5.74) is 1.09. The largest absolute Gasteiger partial charge is 0.493 e. The predicted octanol–water partition coefficient (Wildman–Crippen LogP) is 2.57. The lowest BCUT2D eigenvalue weighted by atomic mass is 10.1. The van der Waals surface area contributed by atoms with Gasteiger partial charge in [-0.15, -0.1) is 6.58 Å². The first-order valence-corrected chi connectivity index (χ1v) is 6.74. The molecular formula is C16H23NO3. The van der Waals surface area contributed by atoms with E-state index in [1.807, 2.05) is 38.1 Å². The van der Waals surface area contributed by atoms with Gasteiger partial charge in [0.15, 0.2) is 18.1 Å². The molecule has 0 aliphatic carbocycles. The summed E-state index contributed by atoms with van der Waals surface area (Å²) in [6.07, 6.45) is 2.60. The van der Waals surface area contributed by atoms with Gasteiger partial charge in [-0.1, -0.05) is 26.0 Å². The van der Waals surface area contributed by atoms with E-state index in [1.54, 1.807) is 7.11 Å². The van der Waals surface area contributed by atoms with Crippen molar-refractivity contribution in [1.29, 1.82) is 0 Å². The molecule has 0 aromatic heterocycles. The fourth-order valence-corrected chi connectivity index (χ4v) is 1.64. The van der Waals surface area contributed by atoms with Gasteiger partial charge >= 0.3 is 0 Å². The molecule has 0 aliphatic heterocycles. The Bertz CT molecular complexity index is 455. The van der Waals surface area contributed by atoms with Crippen LogP contribution in [0.2, 0.25) is 0 Å². The zero-order valence-electron chi connectivity index (χ0n) is 12.4. The standard InChI is InChI=1S/C16H23NO3/c1-5-6-13-7-8-14(15(9-13)19-4)20-11-16(18)17-10-12(2)3/h5,7-9,12H,1,6,10-11H2,2-4H3,(H,17,18). The highest BCUT2D eigenvalue weighted by Gasteiger charge is 2.08. The van der Waals surface area contributed by atoms with Crippen molar-refractivity contribution < 1.29 is 14.3 Å². The zero-order valence-corrected chi connectivity index (χ0v) is 12.4. The Morgan fingerprint density at radius 2 is 2.15 bits per heavy atom. The van der Waals surface area contributed by atoms with E-state index >= 15 is 0 Å². The summed E-state index contributed by atoms with van der Waals surface area (Å²) in [6, 6.07) is 5.64. The highest BCUT2D eigenvalue weighted by atomic mass is 16.5. The van der Waals surface area contributed by atoms with E-state index in [4.69, 9.17) is 9.47 Å². The number of hydrogen-bond acceptors (Lipinski definition) is 3. The summed E-state index contributed by atoms with van der Waals surface area (Å²) < 4.78 is 10.8. The molecule has 0 heterocycles. The first kappa shape index (κ1) is 16.1. The monoisotopic (exact) mass is 277 g/mol. The molecule has 4 heteroatoms. The Morgan fingerprint density at radius 3 is 2.75 bits per heavy atom. The second-order valence-corrected chi connectivity index (χ2v) is 4.96. The molecule has 0 spiro atoms. The van der Waals surface area contributed by atoms with Crippen molar-refractivity contribution in [3.05, 3.63) is 36.4 Å². The smallest absolute Gasteiger partial charge is 0.257 e. The Labute approximate surface area is 120 Å². The summed E-state index contributed by atoms with van der Waals surface area (Å²) in [7, 11) is 1.58. The molecular weight excluding hydrogens is 254 g/mol. The van der Waals surface area contributed by atoms with Gasteiger partial charge in [0.05, 0.1) is 7.11 Å². The summed E-state index contributed by atoms with van der Waals surface area (Å²) in [6.45, 7) is 8.43. The maximum absolute atomic E-state index is 11.6. The Kier molecular flexibility index (Phi) is 6.64. The minimum atomic E-state index is -0.129. The number of amides is 1. The van der Waals surface area contributed by atoms with E-state index in [9.17, 15) is 4.79 Å². The van der Waals surface area contributed by atoms with Crippen LogP contribution >= 0.6 is 0 Å². The summed E-state index contributed by atoms with van der Waals surface area (Å²) in [5, 5.41) is 2.80. The molecule has 0 saturated carbocycles. The van der Waals surface area contributed by atoms with Crippen LogP contribution in [0.4, 0.5) is 0 Å². The average molecular weight is 277 g/mol. The van der Waals surface area contributed by atoms with Crippen LogP contribution in [0.1, 0.15) is 19.4 Å².